The van der Waals surface area contributed by atoms with Crippen molar-refractivity contribution in [1.82, 2.24) is 0 Å². The molecule has 0 bridgehead atoms. The molecule has 212 valence electrons. The topological polar surface area (TPSA) is 85.4 Å². The van der Waals surface area contributed by atoms with Gasteiger partial charge in [0.2, 0.25) is 0 Å². The summed E-state index contributed by atoms with van der Waals surface area (Å²) in [5, 5.41) is 0.0731. The Morgan fingerprint density at radius 2 is 1.37 bits per heavy atom. The molecule has 0 saturated carbocycles. The zero-order valence-corrected chi connectivity index (χ0v) is 24.8. The molecular weight excluding hydrogens is 540 g/mol. The fourth-order valence-electron chi connectivity index (χ4n) is 4.31. The molecule has 0 spiro atoms. The van der Waals surface area contributed by atoms with Gasteiger partial charge in [-0.3, -0.25) is 19.4 Å². The minimum absolute atomic E-state index is 0.0719. The number of benzene rings is 3. The molecule has 2 amide bonds. The molecule has 1 saturated heterocycles. The van der Waals surface area contributed by atoms with Crippen LogP contribution in [0.15, 0.2) is 60.2 Å². The third-order valence-corrected chi connectivity index (χ3v) is 7.26. The number of ether oxygens (including phenoxy) is 3. The first-order valence-corrected chi connectivity index (χ1v) is 13.5. The van der Waals surface area contributed by atoms with Gasteiger partial charge in [-0.15, -0.1) is 0 Å². The second-order valence-electron chi connectivity index (χ2n) is 9.66. The second kappa shape index (κ2) is 12.3. The van der Waals surface area contributed by atoms with Crippen molar-refractivity contribution in [2.45, 2.75) is 34.6 Å². The lowest BCUT2D eigenvalue weighted by Crippen LogP contribution is -2.57. The Kier molecular flexibility index (Phi) is 8.88. The molecule has 8 nitrogen and oxygen atoms in total. The summed E-state index contributed by atoms with van der Waals surface area (Å²) in [4.78, 5) is 42.3. The summed E-state index contributed by atoms with van der Waals surface area (Å²) in [6.45, 7) is 9.56. The number of hydrogen-bond donors (Lipinski definition) is 0. The molecule has 0 aliphatic carbocycles. The predicted molar refractivity (Wildman–Crippen MR) is 163 cm³/mol. The minimum Gasteiger partial charge on any atom is -0.493 e. The number of hydrogen-bond acceptors (Lipinski definition) is 7. The molecule has 0 N–H and O–H groups in total. The van der Waals surface area contributed by atoms with Crippen molar-refractivity contribution in [1.29, 1.82) is 0 Å². The van der Waals surface area contributed by atoms with Gasteiger partial charge >= 0.3 is 5.97 Å². The van der Waals surface area contributed by atoms with Crippen LogP contribution < -0.4 is 19.3 Å². The molecule has 0 atom stereocenters. The van der Waals surface area contributed by atoms with E-state index in [-0.39, 0.29) is 23.9 Å². The molecule has 41 heavy (non-hydrogen) atoms. The lowest BCUT2D eigenvalue weighted by atomic mass is 10.0. The van der Waals surface area contributed by atoms with Crippen LogP contribution >= 0.6 is 12.2 Å². The number of carbonyl (C=O) groups is 3. The van der Waals surface area contributed by atoms with Crippen molar-refractivity contribution in [3.63, 3.8) is 0 Å². The first-order chi connectivity index (χ1) is 19.5. The van der Waals surface area contributed by atoms with Crippen molar-refractivity contribution in [2.75, 3.05) is 30.1 Å². The highest BCUT2D eigenvalue weighted by molar-refractivity contribution is 7.81. The summed E-state index contributed by atoms with van der Waals surface area (Å²) >= 11 is 5.77. The minimum atomic E-state index is -0.537. The van der Waals surface area contributed by atoms with Gasteiger partial charge in [0.05, 0.1) is 25.1 Å². The number of nitrogens with zero attached hydrogens (tertiary/aromatic N) is 2. The van der Waals surface area contributed by atoms with Gasteiger partial charge in [0.1, 0.15) is 5.57 Å². The zero-order valence-electron chi connectivity index (χ0n) is 23.9. The molecule has 0 aromatic heterocycles. The highest BCUT2D eigenvalue weighted by Gasteiger charge is 2.41. The monoisotopic (exact) mass is 572 g/mol. The highest BCUT2D eigenvalue weighted by atomic mass is 32.1. The number of carbonyl (C=O) groups excluding carboxylic acids is 3. The molecule has 1 aliphatic rings. The lowest BCUT2D eigenvalue weighted by molar-refractivity contribution is -0.145. The first kappa shape index (κ1) is 29.5. The number of methoxy groups -OCH3 is 1. The van der Waals surface area contributed by atoms with E-state index >= 15 is 0 Å². The third kappa shape index (κ3) is 6.15. The predicted octanol–water partition coefficient (Wildman–Crippen LogP) is 5.62. The molecule has 9 heteroatoms. The Balaban J connectivity index is 1.79. The van der Waals surface area contributed by atoms with Crippen LogP contribution in [0.25, 0.3) is 6.08 Å². The normalized spacial score (nSPS) is 13.4. The average Bonchev–Trinajstić information content (AvgIpc) is 2.94. The van der Waals surface area contributed by atoms with Crippen molar-refractivity contribution >= 4 is 52.6 Å². The number of thiocarbonyl (C=S) groups is 1. The molecule has 1 fully saturated rings. The standard InChI is InChI=1S/C32H32N2O6S/c1-7-39-29(35)18-40-27-13-10-23(17-28(27)38-6)16-26-30(36)33(24-11-8-19(2)21(4)14-24)32(41)34(31(26)37)25-12-9-20(3)22(5)15-25/h8-17H,7,18H2,1-6H3. The maximum atomic E-state index is 13.9. The summed E-state index contributed by atoms with van der Waals surface area (Å²) in [5.41, 5.74) is 5.69. The van der Waals surface area contributed by atoms with E-state index in [0.717, 1.165) is 22.3 Å². The fourth-order valence-corrected chi connectivity index (χ4v) is 4.69. The number of aryl methyl sites for hydroxylation is 4. The SMILES string of the molecule is CCOC(=O)COc1ccc(C=C2C(=O)N(c3ccc(C)c(C)c3)C(=S)N(c3ccc(C)c(C)c3)C2=O)cc1OC. The molecule has 0 radical (unpaired) electrons. The maximum absolute atomic E-state index is 13.9. The van der Waals surface area contributed by atoms with Gasteiger partial charge in [0.15, 0.2) is 23.2 Å². The summed E-state index contributed by atoms with van der Waals surface area (Å²) in [6.07, 6.45) is 1.51. The van der Waals surface area contributed by atoms with E-state index in [9.17, 15) is 14.4 Å². The van der Waals surface area contributed by atoms with Gasteiger partial charge in [0.25, 0.3) is 11.8 Å². The van der Waals surface area contributed by atoms with E-state index < -0.39 is 17.8 Å². The molecule has 0 unspecified atom stereocenters. The van der Waals surface area contributed by atoms with E-state index in [4.69, 9.17) is 26.4 Å². The van der Waals surface area contributed by atoms with E-state index in [2.05, 4.69) is 0 Å². The van der Waals surface area contributed by atoms with Crippen molar-refractivity contribution < 1.29 is 28.6 Å². The van der Waals surface area contributed by atoms with Crippen LogP contribution in [0.5, 0.6) is 11.5 Å². The Labute approximate surface area is 245 Å². The van der Waals surface area contributed by atoms with Crippen molar-refractivity contribution in [2.24, 2.45) is 0 Å². The van der Waals surface area contributed by atoms with E-state index in [0.29, 0.717) is 28.4 Å². The molecule has 1 aliphatic heterocycles. The van der Waals surface area contributed by atoms with Gasteiger partial charge in [-0.2, -0.15) is 0 Å². The summed E-state index contributed by atoms with van der Waals surface area (Å²) in [7, 11) is 1.46. The van der Waals surface area contributed by atoms with Gasteiger partial charge in [0, 0.05) is 0 Å². The molecule has 4 rings (SSSR count). The Morgan fingerprint density at radius 1 is 0.805 bits per heavy atom. The molecule has 3 aromatic rings. The van der Waals surface area contributed by atoms with Crippen LogP contribution in [0.1, 0.15) is 34.7 Å². The maximum Gasteiger partial charge on any atom is 0.344 e. The highest BCUT2D eigenvalue weighted by Crippen LogP contribution is 2.33. The van der Waals surface area contributed by atoms with Crippen molar-refractivity contribution in [3.8, 4) is 11.5 Å². The summed E-state index contributed by atoms with van der Waals surface area (Å²) < 4.78 is 15.9. The van der Waals surface area contributed by atoms with E-state index in [1.54, 1.807) is 25.1 Å². The van der Waals surface area contributed by atoms with Gasteiger partial charge in [-0.1, -0.05) is 18.2 Å². The largest absolute Gasteiger partial charge is 0.493 e. The first-order valence-electron chi connectivity index (χ1n) is 13.1. The molecule has 3 aromatic carbocycles. The van der Waals surface area contributed by atoms with Gasteiger partial charge in [-0.05, 0) is 117 Å². The van der Waals surface area contributed by atoms with E-state index in [1.165, 1.54) is 23.0 Å². The molecule has 1 heterocycles. The fraction of sp³-hybridized carbons (Fsp3) is 0.250. The van der Waals surface area contributed by atoms with Gasteiger partial charge in [-0.25, -0.2) is 4.79 Å². The zero-order chi connectivity index (χ0) is 29.8. The van der Waals surface area contributed by atoms with Crippen LogP contribution in [0.2, 0.25) is 0 Å². The number of esters is 1. The Bertz CT molecular complexity index is 1500. The number of amides is 2. The Hall–Kier alpha value is -4.50. The van der Waals surface area contributed by atoms with Crippen LogP contribution in [0.3, 0.4) is 0 Å². The second-order valence-corrected chi connectivity index (χ2v) is 10.0. The summed E-state index contributed by atoms with van der Waals surface area (Å²) in [6, 6.07) is 16.1. The van der Waals surface area contributed by atoms with Crippen molar-refractivity contribution in [3.05, 3.63) is 88.0 Å². The smallest absolute Gasteiger partial charge is 0.344 e. The molecular formula is C32H32N2O6S. The third-order valence-electron chi connectivity index (χ3n) is 6.90. The number of rotatable bonds is 8. The quantitative estimate of drug-likeness (QED) is 0.150. The van der Waals surface area contributed by atoms with Crippen LogP contribution in [0, 0.1) is 27.7 Å². The van der Waals surface area contributed by atoms with Crippen LogP contribution in [-0.4, -0.2) is 43.2 Å². The van der Waals surface area contributed by atoms with E-state index in [1.807, 2.05) is 64.1 Å². The van der Waals surface area contributed by atoms with Crippen LogP contribution in [0.4, 0.5) is 11.4 Å². The van der Waals surface area contributed by atoms with Gasteiger partial charge < -0.3 is 14.2 Å². The average molecular weight is 573 g/mol. The summed E-state index contributed by atoms with van der Waals surface area (Å²) in [5.74, 6) is -0.937. The Morgan fingerprint density at radius 3 is 1.85 bits per heavy atom. The van der Waals surface area contributed by atoms with Crippen LogP contribution in [-0.2, 0) is 19.1 Å². The lowest BCUT2D eigenvalue weighted by Gasteiger charge is -2.37. The number of anilines is 2.